The van der Waals surface area contributed by atoms with E-state index >= 15 is 0 Å². The number of halogens is 1. The molecule has 1 aliphatic heterocycles. The molecule has 0 bridgehead atoms. The van der Waals surface area contributed by atoms with Crippen LogP contribution in [0, 0.1) is 17.4 Å². The second-order valence-electron chi connectivity index (χ2n) is 7.42. The summed E-state index contributed by atoms with van der Waals surface area (Å²) in [6, 6.07) is 17.2. The van der Waals surface area contributed by atoms with Crippen molar-refractivity contribution < 1.29 is 8.42 Å². The van der Waals surface area contributed by atoms with Gasteiger partial charge in [0.2, 0.25) is 10.0 Å². The number of aryl methyl sites for hydroxylation is 2. The number of sulfonamides is 1. The average Bonchev–Trinajstić information content (AvgIpc) is 2.76. The maximum atomic E-state index is 12.9. The molecular weight excluding hydrogens is 511 g/mol. The van der Waals surface area contributed by atoms with Gasteiger partial charge in [-0.15, -0.1) is 10.2 Å². The number of benzene rings is 2. The van der Waals surface area contributed by atoms with Gasteiger partial charge in [0, 0.05) is 35.3 Å². The number of hydrogen-bond donors (Lipinski definition) is 0. The van der Waals surface area contributed by atoms with Crippen molar-refractivity contribution in [2.24, 2.45) is 0 Å². The first-order valence-corrected chi connectivity index (χ1v) is 12.3. The van der Waals surface area contributed by atoms with Crippen molar-refractivity contribution in [3.05, 3.63) is 69.3 Å². The van der Waals surface area contributed by atoms with Gasteiger partial charge in [-0.2, -0.15) is 4.31 Å². The highest BCUT2D eigenvalue weighted by Crippen LogP contribution is 2.23. The number of hydrogen-bond acceptors (Lipinski definition) is 5. The molecule has 0 atom stereocenters. The van der Waals surface area contributed by atoms with Crippen LogP contribution in [-0.4, -0.2) is 49.1 Å². The third-order valence-corrected chi connectivity index (χ3v) is 8.10. The molecule has 1 aliphatic rings. The summed E-state index contributed by atoms with van der Waals surface area (Å²) >= 11 is 2.17. The largest absolute Gasteiger partial charge is 0.352 e. The van der Waals surface area contributed by atoms with Gasteiger partial charge >= 0.3 is 0 Å². The van der Waals surface area contributed by atoms with Crippen LogP contribution in [0.4, 0.5) is 5.82 Å². The van der Waals surface area contributed by atoms with E-state index in [1.54, 1.807) is 16.4 Å². The Balaban J connectivity index is 1.44. The Kier molecular flexibility index (Phi) is 6.08. The fraction of sp³-hybridized carbons (Fsp3) is 0.273. The normalized spacial score (nSPS) is 15.4. The fourth-order valence-corrected chi connectivity index (χ4v) is 5.24. The molecule has 8 heteroatoms. The third-order valence-electron chi connectivity index (χ3n) is 5.47. The lowest BCUT2D eigenvalue weighted by molar-refractivity contribution is 0.383. The minimum atomic E-state index is -3.47. The second-order valence-corrected chi connectivity index (χ2v) is 10.6. The number of nitrogens with zero attached hydrogens (tertiary/aromatic N) is 4. The van der Waals surface area contributed by atoms with Crippen LogP contribution in [0.5, 0.6) is 0 Å². The standard InChI is InChI=1S/C22H23IN4O2S/c1-16-3-4-18(15-17(16)2)21-9-10-22(25-24-21)26-11-13-27(14-12-26)30(28,29)20-7-5-19(23)6-8-20/h3-10,15H,11-14H2,1-2H3. The van der Waals surface area contributed by atoms with Crippen LogP contribution in [-0.2, 0) is 10.0 Å². The number of rotatable bonds is 4. The van der Waals surface area contributed by atoms with Crippen LogP contribution < -0.4 is 4.90 Å². The Morgan fingerprint density at radius 2 is 1.53 bits per heavy atom. The number of anilines is 1. The molecule has 4 rings (SSSR count). The van der Waals surface area contributed by atoms with Crippen LogP contribution in [0.1, 0.15) is 11.1 Å². The molecule has 1 saturated heterocycles. The van der Waals surface area contributed by atoms with Gasteiger partial charge in [-0.05, 0) is 90.0 Å². The minimum absolute atomic E-state index is 0.342. The Hall–Kier alpha value is -2.04. The maximum absolute atomic E-state index is 12.9. The van der Waals surface area contributed by atoms with Gasteiger partial charge in [0.1, 0.15) is 0 Å². The van der Waals surface area contributed by atoms with Crippen molar-refractivity contribution in [1.82, 2.24) is 14.5 Å². The molecule has 0 unspecified atom stereocenters. The molecule has 0 N–H and O–H groups in total. The van der Waals surface area contributed by atoms with Gasteiger partial charge in [0.05, 0.1) is 10.6 Å². The van der Waals surface area contributed by atoms with Crippen LogP contribution in [0.3, 0.4) is 0 Å². The van der Waals surface area contributed by atoms with E-state index in [-0.39, 0.29) is 0 Å². The summed E-state index contributed by atoms with van der Waals surface area (Å²) in [5, 5.41) is 8.79. The van der Waals surface area contributed by atoms with Gasteiger partial charge in [-0.25, -0.2) is 8.42 Å². The fourth-order valence-electron chi connectivity index (χ4n) is 3.46. The molecule has 2 aromatic carbocycles. The first kappa shape index (κ1) is 21.2. The molecule has 30 heavy (non-hydrogen) atoms. The Morgan fingerprint density at radius 3 is 2.13 bits per heavy atom. The summed E-state index contributed by atoms with van der Waals surface area (Å²) in [6.07, 6.45) is 0. The third kappa shape index (κ3) is 4.35. The van der Waals surface area contributed by atoms with Crippen LogP contribution in [0.2, 0.25) is 0 Å². The zero-order valence-corrected chi connectivity index (χ0v) is 19.9. The smallest absolute Gasteiger partial charge is 0.243 e. The molecule has 0 saturated carbocycles. The zero-order valence-electron chi connectivity index (χ0n) is 16.9. The molecule has 1 fully saturated rings. The number of aromatic nitrogens is 2. The lowest BCUT2D eigenvalue weighted by Crippen LogP contribution is -2.49. The summed E-state index contributed by atoms with van der Waals surface area (Å²) in [5.74, 6) is 0.772. The van der Waals surface area contributed by atoms with Gasteiger partial charge in [0.25, 0.3) is 0 Å². The van der Waals surface area contributed by atoms with Gasteiger partial charge in [-0.3, -0.25) is 0 Å². The van der Waals surface area contributed by atoms with Crippen molar-refractivity contribution >= 4 is 38.4 Å². The Morgan fingerprint density at radius 1 is 0.833 bits per heavy atom. The summed E-state index contributed by atoms with van der Waals surface area (Å²) in [5.41, 5.74) is 4.36. The van der Waals surface area contributed by atoms with E-state index in [0.717, 1.165) is 20.6 Å². The minimum Gasteiger partial charge on any atom is -0.352 e. The highest BCUT2D eigenvalue weighted by Gasteiger charge is 2.29. The predicted molar refractivity (Wildman–Crippen MR) is 127 cm³/mol. The molecule has 6 nitrogen and oxygen atoms in total. The van der Waals surface area contributed by atoms with Crippen LogP contribution >= 0.6 is 22.6 Å². The van der Waals surface area contributed by atoms with Crippen molar-refractivity contribution in [2.45, 2.75) is 18.7 Å². The van der Waals surface area contributed by atoms with Crippen molar-refractivity contribution in [1.29, 1.82) is 0 Å². The Labute approximate surface area is 191 Å². The second kappa shape index (κ2) is 8.60. The van der Waals surface area contributed by atoms with E-state index in [1.807, 2.05) is 24.3 Å². The van der Waals surface area contributed by atoms with Crippen molar-refractivity contribution in [2.75, 3.05) is 31.1 Å². The number of piperazine rings is 1. The molecule has 0 amide bonds. The lowest BCUT2D eigenvalue weighted by Gasteiger charge is -2.34. The molecule has 156 valence electrons. The van der Waals surface area contributed by atoms with E-state index in [9.17, 15) is 8.42 Å². The highest BCUT2D eigenvalue weighted by atomic mass is 127. The van der Waals surface area contributed by atoms with Crippen LogP contribution in [0.25, 0.3) is 11.3 Å². The molecule has 0 radical (unpaired) electrons. The first-order chi connectivity index (χ1) is 14.3. The molecule has 0 spiro atoms. The van der Waals surface area contributed by atoms with E-state index in [1.165, 1.54) is 11.1 Å². The summed E-state index contributed by atoms with van der Waals surface area (Å²) < 4.78 is 28.3. The van der Waals surface area contributed by atoms with E-state index < -0.39 is 10.0 Å². The molecular formula is C22H23IN4O2S. The summed E-state index contributed by atoms with van der Waals surface area (Å²) in [7, 11) is -3.47. The maximum Gasteiger partial charge on any atom is 0.243 e. The zero-order chi connectivity index (χ0) is 21.3. The monoisotopic (exact) mass is 534 g/mol. The lowest BCUT2D eigenvalue weighted by atomic mass is 10.0. The van der Waals surface area contributed by atoms with Crippen LogP contribution in [0.15, 0.2) is 59.5 Å². The summed E-state index contributed by atoms with van der Waals surface area (Å²) in [6.45, 7) is 6.20. The highest BCUT2D eigenvalue weighted by molar-refractivity contribution is 14.1. The molecule has 0 aliphatic carbocycles. The molecule has 1 aromatic heterocycles. The van der Waals surface area contributed by atoms with E-state index in [4.69, 9.17) is 0 Å². The molecule has 2 heterocycles. The predicted octanol–water partition coefficient (Wildman–Crippen LogP) is 3.88. The van der Waals surface area contributed by atoms with E-state index in [2.05, 4.69) is 69.7 Å². The topological polar surface area (TPSA) is 66.4 Å². The Bertz CT molecular complexity index is 1140. The SMILES string of the molecule is Cc1ccc(-c2ccc(N3CCN(S(=O)(=O)c4ccc(I)cc4)CC3)nn2)cc1C. The molecule has 3 aromatic rings. The summed E-state index contributed by atoms with van der Waals surface area (Å²) in [4.78, 5) is 2.42. The van der Waals surface area contributed by atoms with Gasteiger partial charge in [-0.1, -0.05) is 12.1 Å². The van der Waals surface area contributed by atoms with Gasteiger partial charge in [0.15, 0.2) is 5.82 Å². The van der Waals surface area contributed by atoms with Gasteiger partial charge < -0.3 is 4.90 Å². The van der Waals surface area contributed by atoms with Crippen molar-refractivity contribution in [3.8, 4) is 11.3 Å². The first-order valence-electron chi connectivity index (χ1n) is 9.76. The average molecular weight is 534 g/mol. The van der Waals surface area contributed by atoms with Crippen molar-refractivity contribution in [3.63, 3.8) is 0 Å². The van der Waals surface area contributed by atoms with E-state index in [0.29, 0.717) is 31.1 Å². The quantitative estimate of drug-likeness (QED) is 0.476.